The quantitative estimate of drug-likeness (QED) is 0.510. The number of nitrogens with zero attached hydrogens (tertiary/aromatic N) is 1. The van der Waals surface area contributed by atoms with Gasteiger partial charge in [0.05, 0.1) is 10.5 Å². The average Bonchev–Trinajstić information content (AvgIpc) is 3.17. The first-order valence-corrected chi connectivity index (χ1v) is 10.5. The number of rotatable bonds is 6. The zero-order valence-corrected chi connectivity index (χ0v) is 16.7. The number of hydroxylamine groups is 1. The third-order valence-corrected chi connectivity index (χ3v) is 6.71. The van der Waals surface area contributed by atoms with Crippen molar-refractivity contribution >= 4 is 16.1 Å². The molecule has 1 saturated heterocycles. The largest absolute Gasteiger partial charge is 0.416 e. The number of hydrogen-bond acceptors (Lipinski definition) is 4. The van der Waals surface area contributed by atoms with E-state index >= 15 is 4.39 Å². The molecular formula is C19H19F4N3O4S. The van der Waals surface area contributed by atoms with Crippen molar-refractivity contribution in [1.82, 2.24) is 9.79 Å². The van der Waals surface area contributed by atoms with Crippen LogP contribution in [0, 0.1) is 5.92 Å². The zero-order valence-electron chi connectivity index (χ0n) is 15.9. The molecule has 3 rings (SSSR count). The molecule has 0 spiro atoms. The third-order valence-electron chi connectivity index (χ3n) is 4.88. The lowest BCUT2D eigenvalue weighted by Crippen LogP contribution is -2.38. The second kappa shape index (κ2) is 8.81. The van der Waals surface area contributed by atoms with Gasteiger partial charge in [-0.25, -0.2) is 23.1 Å². The fourth-order valence-electron chi connectivity index (χ4n) is 3.37. The van der Waals surface area contributed by atoms with Crippen LogP contribution in [0.1, 0.15) is 17.3 Å². The van der Waals surface area contributed by atoms with Crippen LogP contribution in [0.25, 0.3) is 0 Å². The Morgan fingerprint density at radius 2 is 1.81 bits per heavy atom. The first-order valence-electron chi connectivity index (χ1n) is 9.07. The van der Waals surface area contributed by atoms with Crippen LogP contribution < -0.4 is 11.2 Å². The summed E-state index contributed by atoms with van der Waals surface area (Å²) in [7, 11) is -4.40. The summed E-state index contributed by atoms with van der Waals surface area (Å²) in [6.45, 7) is -0.767. The molecule has 3 unspecified atom stereocenters. The van der Waals surface area contributed by atoms with Crippen LogP contribution in [0.2, 0.25) is 0 Å². The zero-order chi connectivity index (χ0) is 22.8. The molecule has 2 amide bonds. The van der Waals surface area contributed by atoms with E-state index in [4.69, 9.17) is 10.6 Å². The van der Waals surface area contributed by atoms with Crippen LogP contribution >= 0.6 is 0 Å². The summed E-state index contributed by atoms with van der Waals surface area (Å²) in [6.07, 6.45) is -7.51. The Kier molecular flexibility index (Phi) is 6.53. The summed E-state index contributed by atoms with van der Waals surface area (Å²) >= 11 is 0. The molecule has 2 aromatic rings. The summed E-state index contributed by atoms with van der Waals surface area (Å²) < 4.78 is 81.0. The molecule has 1 aliphatic heterocycles. The van der Waals surface area contributed by atoms with Crippen molar-refractivity contribution in [2.24, 2.45) is 11.7 Å². The summed E-state index contributed by atoms with van der Waals surface area (Å²) in [5, 5.41) is 0. The number of carbonyl (C=O) groups excluding carboxylic acids is 1. The van der Waals surface area contributed by atoms with Crippen LogP contribution in [0.5, 0.6) is 0 Å². The van der Waals surface area contributed by atoms with Gasteiger partial charge in [-0.05, 0) is 23.8 Å². The monoisotopic (exact) mass is 461 g/mol. The standard InChI is InChI=1S/C19H19F4N3O4S/c20-17(12-5-2-1-3-6-12)15-10-26(11-16(15)30-25-18(24)27)31(28,29)14-8-4-7-13(9-14)19(21,22)23/h1-9,15-17H,10-11H2,(H3,24,25,27). The minimum Gasteiger partial charge on any atom is -0.350 e. The number of nitrogens with two attached hydrogens (primary N) is 1. The van der Waals surface area contributed by atoms with Gasteiger partial charge in [0.1, 0.15) is 12.3 Å². The fraction of sp³-hybridized carbons (Fsp3) is 0.316. The molecule has 2 aromatic carbocycles. The van der Waals surface area contributed by atoms with Gasteiger partial charge in [0.25, 0.3) is 0 Å². The predicted molar refractivity (Wildman–Crippen MR) is 102 cm³/mol. The van der Waals surface area contributed by atoms with Crippen molar-refractivity contribution in [3.63, 3.8) is 0 Å². The van der Waals surface area contributed by atoms with Crippen molar-refractivity contribution < 1.29 is 35.6 Å². The van der Waals surface area contributed by atoms with Crippen molar-refractivity contribution in [1.29, 1.82) is 0 Å². The Bertz CT molecular complexity index is 1030. The Morgan fingerprint density at radius 3 is 2.42 bits per heavy atom. The predicted octanol–water partition coefficient (Wildman–Crippen LogP) is 3.01. The van der Waals surface area contributed by atoms with E-state index in [2.05, 4.69) is 0 Å². The maximum absolute atomic E-state index is 15.2. The van der Waals surface area contributed by atoms with Gasteiger partial charge < -0.3 is 5.73 Å². The molecular weight excluding hydrogens is 442 g/mol. The minimum absolute atomic E-state index is 0.262. The first-order chi connectivity index (χ1) is 14.5. The highest BCUT2D eigenvalue weighted by Gasteiger charge is 2.45. The highest BCUT2D eigenvalue weighted by molar-refractivity contribution is 7.89. The normalized spacial score (nSPS) is 21.0. The first kappa shape index (κ1) is 23.0. The van der Waals surface area contributed by atoms with E-state index < -0.39 is 57.4 Å². The van der Waals surface area contributed by atoms with E-state index in [9.17, 15) is 26.4 Å². The number of nitrogens with one attached hydrogen (secondary N) is 1. The smallest absolute Gasteiger partial charge is 0.350 e. The second-order valence-corrected chi connectivity index (χ2v) is 8.88. The van der Waals surface area contributed by atoms with E-state index in [0.717, 1.165) is 22.5 Å². The number of alkyl halides is 4. The lowest BCUT2D eigenvalue weighted by atomic mass is 9.94. The number of amides is 2. The fourth-order valence-corrected chi connectivity index (χ4v) is 4.90. The molecule has 0 aliphatic carbocycles. The molecule has 168 valence electrons. The highest BCUT2D eigenvalue weighted by Crippen LogP contribution is 2.37. The van der Waals surface area contributed by atoms with Crippen LogP contribution in [-0.2, 0) is 21.0 Å². The second-order valence-electron chi connectivity index (χ2n) is 6.95. The van der Waals surface area contributed by atoms with Gasteiger partial charge in [0.15, 0.2) is 0 Å². The molecule has 0 bridgehead atoms. The van der Waals surface area contributed by atoms with E-state index in [1.54, 1.807) is 18.2 Å². The molecule has 1 fully saturated rings. The third kappa shape index (κ3) is 5.14. The molecule has 7 nitrogen and oxygen atoms in total. The molecule has 12 heteroatoms. The Morgan fingerprint density at radius 1 is 1.13 bits per heavy atom. The van der Waals surface area contributed by atoms with Crippen molar-refractivity contribution in [3.05, 3.63) is 65.7 Å². The maximum Gasteiger partial charge on any atom is 0.416 e. The minimum atomic E-state index is -4.73. The van der Waals surface area contributed by atoms with Crippen LogP contribution in [0.4, 0.5) is 22.4 Å². The average molecular weight is 461 g/mol. The van der Waals surface area contributed by atoms with Crippen molar-refractivity contribution in [2.45, 2.75) is 23.3 Å². The summed E-state index contributed by atoms with van der Waals surface area (Å²) in [5.41, 5.74) is 5.97. The van der Waals surface area contributed by atoms with E-state index in [0.29, 0.717) is 6.07 Å². The number of sulfonamides is 1. The van der Waals surface area contributed by atoms with E-state index in [1.807, 2.05) is 5.48 Å². The number of carbonyl (C=O) groups is 1. The number of primary amides is 1. The molecule has 3 N–H and O–H groups in total. The Labute approximate surface area is 175 Å². The number of urea groups is 1. The lowest BCUT2D eigenvalue weighted by Gasteiger charge is -2.22. The van der Waals surface area contributed by atoms with Crippen LogP contribution in [0.15, 0.2) is 59.5 Å². The van der Waals surface area contributed by atoms with Crippen molar-refractivity contribution in [2.75, 3.05) is 13.1 Å². The summed E-state index contributed by atoms with van der Waals surface area (Å²) in [5.74, 6) is -1.05. The van der Waals surface area contributed by atoms with Gasteiger partial charge in [-0.1, -0.05) is 36.4 Å². The molecule has 1 heterocycles. The molecule has 0 saturated carbocycles. The maximum atomic E-state index is 15.2. The van der Waals surface area contributed by atoms with Crippen LogP contribution in [0.3, 0.4) is 0 Å². The molecule has 0 radical (unpaired) electrons. The number of halogens is 4. The van der Waals surface area contributed by atoms with Gasteiger partial charge in [0, 0.05) is 19.0 Å². The van der Waals surface area contributed by atoms with Gasteiger partial charge >= 0.3 is 12.2 Å². The molecule has 31 heavy (non-hydrogen) atoms. The highest BCUT2D eigenvalue weighted by atomic mass is 32.2. The summed E-state index contributed by atoms with van der Waals surface area (Å²) in [4.78, 5) is 15.5. The van der Waals surface area contributed by atoms with E-state index in [1.165, 1.54) is 12.1 Å². The SMILES string of the molecule is NC(=O)NOC1CN(S(=O)(=O)c2cccc(C(F)(F)F)c2)CC1C(F)c1ccccc1. The van der Waals surface area contributed by atoms with Gasteiger partial charge in [-0.15, -0.1) is 0 Å². The lowest BCUT2D eigenvalue weighted by molar-refractivity contribution is -0.137. The number of benzene rings is 2. The van der Waals surface area contributed by atoms with Gasteiger partial charge in [-0.3, -0.25) is 4.84 Å². The van der Waals surface area contributed by atoms with E-state index in [-0.39, 0.29) is 12.1 Å². The van der Waals surface area contributed by atoms with Crippen LogP contribution in [-0.4, -0.2) is 37.9 Å². The Balaban J connectivity index is 1.90. The van der Waals surface area contributed by atoms with Gasteiger partial charge in [-0.2, -0.15) is 17.5 Å². The molecule has 3 atom stereocenters. The topological polar surface area (TPSA) is 102 Å². The van der Waals surface area contributed by atoms with Gasteiger partial charge in [0.2, 0.25) is 10.0 Å². The van der Waals surface area contributed by atoms with Crippen molar-refractivity contribution in [3.8, 4) is 0 Å². The Hall–Kier alpha value is -2.70. The molecule has 1 aliphatic rings. The summed E-state index contributed by atoms with van der Waals surface area (Å²) in [6, 6.07) is 10.1. The molecule has 0 aromatic heterocycles. The number of hydrogen-bond donors (Lipinski definition) is 2.